The van der Waals surface area contributed by atoms with Crippen LogP contribution >= 0.6 is 11.6 Å². The summed E-state index contributed by atoms with van der Waals surface area (Å²) in [5.41, 5.74) is 2.35. The van der Waals surface area contributed by atoms with Crippen molar-refractivity contribution in [2.24, 2.45) is 5.41 Å². The summed E-state index contributed by atoms with van der Waals surface area (Å²) in [6.45, 7) is 12.3. The van der Waals surface area contributed by atoms with E-state index in [1.54, 1.807) is 0 Å². The molecule has 0 amide bonds. The molecule has 0 bridgehead atoms. The summed E-state index contributed by atoms with van der Waals surface area (Å²) >= 11 is 6.27. The van der Waals surface area contributed by atoms with Crippen molar-refractivity contribution in [2.45, 2.75) is 40.5 Å². The standard InChI is InChI=1S/C16H26ClNO/c1-11(2)13-8-15(12(3)7-14(13)17)19-10-16(4,5)9-18-6/h7-8,11,18H,9-10H2,1-6H3. The Morgan fingerprint density at radius 2 is 1.95 bits per heavy atom. The zero-order valence-electron chi connectivity index (χ0n) is 12.9. The molecule has 0 heterocycles. The molecule has 0 spiro atoms. The van der Waals surface area contributed by atoms with Crippen LogP contribution in [0.3, 0.4) is 0 Å². The fourth-order valence-corrected chi connectivity index (χ4v) is 2.51. The summed E-state index contributed by atoms with van der Waals surface area (Å²) in [7, 11) is 1.96. The molecule has 2 nitrogen and oxygen atoms in total. The molecule has 0 atom stereocenters. The average molecular weight is 284 g/mol. The summed E-state index contributed by atoms with van der Waals surface area (Å²) in [5, 5.41) is 4.02. The first kappa shape index (κ1) is 16.3. The normalized spacial score (nSPS) is 12.0. The highest BCUT2D eigenvalue weighted by atomic mass is 35.5. The molecule has 0 aromatic heterocycles. The lowest BCUT2D eigenvalue weighted by Crippen LogP contribution is -2.32. The summed E-state index contributed by atoms with van der Waals surface area (Å²) in [4.78, 5) is 0. The van der Waals surface area contributed by atoms with Crippen LogP contribution in [0.2, 0.25) is 5.02 Å². The van der Waals surface area contributed by atoms with Crippen LogP contribution in [0.15, 0.2) is 12.1 Å². The predicted octanol–water partition coefficient (Wildman–Crippen LogP) is 4.40. The minimum atomic E-state index is 0.110. The lowest BCUT2D eigenvalue weighted by molar-refractivity contribution is 0.178. The molecule has 108 valence electrons. The molecule has 1 rings (SSSR count). The van der Waals surface area contributed by atoms with Crippen molar-refractivity contribution in [1.29, 1.82) is 0 Å². The van der Waals surface area contributed by atoms with E-state index in [0.29, 0.717) is 12.5 Å². The minimum absolute atomic E-state index is 0.110. The van der Waals surface area contributed by atoms with Crippen LogP contribution in [-0.4, -0.2) is 20.2 Å². The molecule has 0 saturated heterocycles. The number of ether oxygens (including phenoxy) is 1. The van der Waals surface area contributed by atoms with Crippen LogP contribution in [0.1, 0.15) is 44.7 Å². The van der Waals surface area contributed by atoms with E-state index in [1.807, 2.05) is 20.0 Å². The lowest BCUT2D eigenvalue weighted by atomic mass is 9.95. The van der Waals surface area contributed by atoms with Crippen LogP contribution < -0.4 is 10.1 Å². The van der Waals surface area contributed by atoms with Crippen molar-refractivity contribution < 1.29 is 4.74 Å². The van der Waals surface area contributed by atoms with Crippen LogP contribution in [0.25, 0.3) is 0 Å². The van der Waals surface area contributed by atoms with Gasteiger partial charge in [-0.15, -0.1) is 0 Å². The van der Waals surface area contributed by atoms with Gasteiger partial charge in [-0.05, 0) is 43.1 Å². The quantitative estimate of drug-likeness (QED) is 0.836. The molecule has 0 fully saturated rings. The first-order valence-corrected chi connectivity index (χ1v) is 7.22. The van der Waals surface area contributed by atoms with Gasteiger partial charge in [0.1, 0.15) is 5.75 Å². The Morgan fingerprint density at radius 1 is 1.32 bits per heavy atom. The van der Waals surface area contributed by atoms with Crippen LogP contribution in [0.4, 0.5) is 0 Å². The smallest absolute Gasteiger partial charge is 0.122 e. The van der Waals surface area contributed by atoms with E-state index >= 15 is 0 Å². The summed E-state index contributed by atoms with van der Waals surface area (Å²) in [6.07, 6.45) is 0. The maximum absolute atomic E-state index is 6.27. The van der Waals surface area contributed by atoms with Crippen molar-refractivity contribution in [2.75, 3.05) is 20.2 Å². The van der Waals surface area contributed by atoms with E-state index in [2.05, 4.69) is 39.1 Å². The third-order valence-corrected chi connectivity index (χ3v) is 3.52. The van der Waals surface area contributed by atoms with E-state index in [4.69, 9.17) is 16.3 Å². The lowest BCUT2D eigenvalue weighted by Gasteiger charge is -2.25. The number of aryl methyl sites for hydroxylation is 1. The summed E-state index contributed by atoms with van der Waals surface area (Å²) in [5.74, 6) is 1.35. The Labute approximate surface area is 122 Å². The zero-order valence-corrected chi connectivity index (χ0v) is 13.7. The number of rotatable bonds is 6. The second kappa shape index (κ2) is 6.62. The molecule has 0 unspecified atom stereocenters. The summed E-state index contributed by atoms with van der Waals surface area (Å²) < 4.78 is 6.00. The zero-order chi connectivity index (χ0) is 14.6. The summed E-state index contributed by atoms with van der Waals surface area (Å²) in [6, 6.07) is 4.08. The molecule has 3 heteroatoms. The molecular weight excluding hydrogens is 258 g/mol. The molecule has 1 N–H and O–H groups in total. The molecular formula is C16H26ClNO. The molecule has 1 aromatic carbocycles. The molecule has 19 heavy (non-hydrogen) atoms. The second-order valence-corrected chi connectivity index (χ2v) is 6.68. The molecule has 0 saturated carbocycles. The SMILES string of the molecule is CNCC(C)(C)COc1cc(C(C)C)c(Cl)cc1C. The van der Waals surface area contributed by atoms with Crippen molar-refractivity contribution in [1.82, 2.24) is 5.32 Å². The predicted molar refractivity (Wildman–Crippen MR) is 83.5 cm³/mol. The molecule has 0 aliphatic rings. The topological polar surface area (TPSA) is 21.3 Å². The van der Waals surface area contributed by atoms with Gasteiger partial charge in [-0.3, -0.25) is 0 Å². The van der Waals surface area contributed by atoms with Crippen LogP contribution in [-0.2, 0) is 0 Å². The number of hydrogen-bond acceptors (Lipinski definition) is 2. The van der Waals surface area contributed by atoms with Gasteiger partial charge in [0.05, 0.1) is 6.61 Å². The number of hydrogen-bond donors (Lipinski definition) is 1. The highest BCUT2D eigenvalue weighted by Crippen LogP contribution is 2.32. The average Bonchev–Trinajstić information content (AvgIpc) is 2.27. The molecule has 0 aliphatic carbocycles. The van der Waals surface area contributed by atoms with Gasteiger partial charge in [-0.2, -0.15) is 0 Å². The van der Waals surface area contributed by atoms with Crippen LogP contribution in [0.5, 0.6) is 5.75 Å². The van der Waals surface area contributed by atoms with E-state index in [0.717, 1.165) is 28.4 Å². The molecule has 0 radical (unpaired) electrons. The molecule has 1 aromatic rings. The monoisotopic (exact) mass is 283 g/mol. The van der Waals surface area contributed by atoms with Crippen molar-refractivity contribution in [3.63, 3.8) is 0 Å². The number of halogens is 1. The maximum atomic E-state index is 6.27. The van der Waals surface area contributed by atoms with E-state index in [9.17, 15) is 0 Å². The third-order valence-electron chi connectivity index (χ3n) is 3.19. The third kappa shape index (κ3) is 4.70. The Balaban J connectivity index is 2.87. The van der Waals surface area contributed by atoms with Crippen LogP contribution in [0, 0.1) is 12.3 Å². The van der Waals surface area contributed by atoms with Gasteiger partial charge in [0, 0.05) is 17.0 Å². The van der Waals surface area contributed by atoms with E-state index in [-0.39, 0.29) is 5.41 Å². The van der Waals surface area contributed by atoms with Gasteiger partial charge >= 0.3 is 0 Å². The van der Waals surface area contributed by atoms with Gasteiger partial charge < -0.3 is 10.1 Å². The fraction of sp³-hybridized carbons (Fsp3) is 0.625. The van der Waals surface area contributed by atoms with Crippen molar-refractivity contribution >= 4 is 11.6 Å². The largest absolute Gasteiger partial charge is 0.493 e. The number of benzene rings is 1. The Bertz CT molecular complexity index is 427. The van der Waals surface area contributed by atoms with Gasteiger partial charge in [-0.25, -0.2) is 0 Å². The van der Waals surface area contributed by atoms with Crippen molar-refractivity contribution in [3.8, 4) is 5.75 Å². The Morgan fingerprint density at radius 3 is 2.47 bits per heavy atom. The first-order valence-electron chi connectivity index (χ1n) is 6.84. The first-order chi connectivity index (χ1) is 8.76. The van der Waals surface area contributed by atoms with Gasteiger partial charge in [-0.1, -0.05) is 39.3 Å². The fourth-order valence-electron chi connectivity index (χ4n) is 2.07. The van der Waals surface area contributed by atoms with Gasteiger partial charge in [0.2, 0.25) is 0 Å². The number of nitrogens with one attached hydrogen (secondary N) is 1. The minimum Gasteiger partial charge on any atom is -0.493 e. The van der Waals surface area contributed by atoms with Crippen molar-refractivity contribution in [3.05, 3.63) is 28.3 Å². The molecule has 0 aliphatic heterocycles. The Kier molecular flexibility index (Phi) is 5.69. The highest BCUT2D eigenvalue weighted by molar-refractivity contribution is 6.31. The maximum Gasteiger partial charge on any atom is 0.122 e. The van der Waals surface area contributed by atoms with Gasteiger partial charge in [0.25, 0.3) is 0 Å². The van der Waals surface area contributed by atoms with E-state index in [1.165, 1.54) is 0 Å². The second-order valence-electron chi connectivity index (χ2n) is 6.28. The van der Waals surface area contributed by atoms with Gasteiger partial charge in [0.15, 0.2) is 0 Å². The Hall–Kier alpha value is -0.730. The highest BCUT2D eigenvalue weighted by Gasteiger charge is 2.19. The van der Waals surface area contributed by atoms with E-state index < -0.39 is 0 Å².